The van der Waals surface area contributed by atoms with E-state index in [9.17, 15) is 0 Å². The topological polar surface area (TPSA) is 12.9 Å². The van der Waals surface area contributed by atoms with Crippen LogP contribution in [0.15, 0.2) is 29.3 Å². The van der Waals surface area contributed by atoms with Crippen molar-refractivity contribution in [1.29, 1.82) is 0 Å². The van der Waals surface area contributed by atoms with Crippen molar-refractivity contribution >= 4 is 23.5 Å². The minimum atomic E-state index is 0.676. The largest absolute Gasteiger partial charge is 0.760 e. The Morgan fingerprint density at radius 3 is 2.69 bits per heavy atom. The number of hydrogen-bond acceptors (Lipinski definition) is 2. The molecule has 1 aromatic carbocycles. The molecule has 0 unspecified atom stereocenters. The van der Waals surface area contributed by atoms with Crippen molar-refractivity contribution in [2.24, 2.45) is 0 Å². The summed E-state index contributed by atoms with van der Waals surface area (Å²) in [4.78, 5) is 4.31. The molecule has 0 fully saturated rings. The van der Waals surface area contributed by atoms with E-state index >= 15 is 0 Å². The Balaban J connectivity index is 2.86. The van der Waals surface area contributed by atoms with Crippen LogP contribution in [0.25, 0.3) is 10.9 Å². The third kappa shape index (κ3) is 1.49. The second-order valence-electron chi connectivity index (χ2n) is 3.30. The van der Waals surface area contributed by atoms with Crippen molar-refractivity contribution in [3.05, 3.63) is 35.4 Å². The first kappa shape index (κ1) is 8.45. The first-order valence-electron chi connectivity index (χ1n) is 4.22. The zero-order valence-corrected chi connectivity index (χ0v) is 8.48. The highest BCUT2D eigenvalue weighted by Gasteiger charge is 1.97. The van der Waals surface area contributed by atoms with Crippen molar-refractivity contribution in [2.45, 2.75) is 18.9 Å². The van der Waals surface area contributed by atoms with Gasteiger partial charge < -0.3 is 12.6 Å². The van der Waals surface area contributed by atoms with Gasteiger partial charge in [-0.15, -0.1) is 0 Å². The molecule has 0 spiro atoms. The maximum absolute atomic E-state index is 5.06. The summed E-state index contributed by atoms with van der Waals surface area (Å²) in [5.74, 6) is 0. The zero-order valence-electron chi connectivity index (χ0n) is 7.66. The Morgan fingerprint density at radius 2 is 1.92 bits per heavy atom. The lowest BCUT2D eigenvalue weighted by Crippen LogP contribution is -1.87. The highest BCUT2D eigenvalue weighted by molar-refractivity contribution is 7.58. The Hall–Kier alpha value is -1.15. The molecule has 0 radical (unpaired) electrons. The van der Waals surface area contributed by atoms with Gasteiger partial charge in [-0.25, -0.2) is 0 Å². The molecule has 0 aliphatic heterocycles. The lowest BCUT2D eigenvalue weighted by atomic mass is 10.1. The average Bonchev–Trinajstić information content (AvgIpc) is 2.02. The van der Waals surface area contributed by atoms with E-state index in [1.54, 1.807) is 0 Å². The molecule has 0 atom stereocenters. The lowest BCUT2D eigenvalue weighted by molar-refractivity contribution is 1.17. The maximum atomic E-state index is 5.06. The second-order valence-corrected chi connectivity index (χ2v) is 3.72. The van der Waals surface area contributed by atoms with E-state index in [1.165, 1.54) is 16.5 Å². The van der Waals surface area contributed by atoms with Crippen molar-refractivity contribution in [3.8, 4) is 0 Å². The van der Waals surface area contributed by atoms with E-state index in [-0.39, 0.29) is 0 Å². The highest BCUT2D eigenvalue weighted by Crippen LogP contribution is 2.18. The molecule has 0 aliphatic rings. The Kier molecular flexibility index (Phi) is 1.93. The quantitative estimate of drug-likeness (QED) is 0.590. The van der Waals surface area contributed by atoms with Crippen LogP contribution in [0.1, 0.15) is 11.1 Å². The lowest BCUT2D eigenvalue weighted by Gasteiger charge is -2.09. The normalized spacial score (nSPS) is 10.6. The molecule has 0 N–H and O–H groups in total. The molecule has 0 aliphatic carbocycles. The standard InChI is InChI=1S/C11H11NS/c1-7-3-4-9-8(2)6-11(13)12-10(9)5-7/h3-6H,1-2H3,(H,12,13)/p-1. The van der Waals surface area contributed by atoms with Gasteiger partial charge >= 0.3 is 0 Å². The second kappa shape index (κ2) is 2.96. The molecule has 66 valence electrons. The van der Waals surface area contributed by atoms with E-state index in [0.29, 0.717) is 5.03 Å². The van der Waals surface area contributed by atoms with E-state index < -0.39 is 0 Å². The molecule has 0 amide bonds. The van der Waals surface area contributed by atoms with Gasteiger partial charge in [0.15, 0.2) is 0 Å². The van der Waals surface area contributed by atoms with Gasteiger partial charge in [-0.1, -0.05) is 23.2 Å². The summed E-state index contributed by atoms with van der Waals surface area (Å²) in [7, 11) is 0. The SMILES string of the molecule is Cc1ccc2c(C)cc([S-])nc2c1. The first-order chi connectivity index (χ1) is 6.16. The molecule has 0 saturated heterocycles. The molecular weight excluding hydrogens is 178 g/mol. The van der Waals surface area contributed by atoms with Crippen molar-refractivity contribution < 1.29 is 0 Å². The van der Waals surface area contributed by atoms with Crippen LogP contribution in [-0.4, -0.2) is 4.98 Å². The van der Waals surface area contributed by atoms with Crippen LogP contribution in [0.4, 0.5) is 0 Å². The van der Waals surface area contributed by atoms with Crippen LogP contribution >= 0.6 is 0 Å². The zero-order chi connectivity index (χ0) is 9.42. The number of benzene rings is 1. The average molecular weight is 188 g/mol. The molecule has 1 heterocycles. The monoisotopic (exact) mass is 188 g/mol. The maximum Gasteiger partial charge on any atom is 0.0689 e. The van der Waals surface area contributed by atoms with E-state index in [1.807, 2.05) is 6.07 Å². The smallest absolute Gasteiger partial charge is 0.0689 e. The summed E-state index contributed by atoms with van der Waals surface area (Å²) < 4.78 is 0. The predicted molar refractivity (Wildman–Crippen MR) is 56.8 cm³/mol. The van der Waals surface area contributed by atoms with Crippen LogP contribution in [0.3, 0.4) is 0 Å². The van der Waals surface area contributed by atoms with E-state index in [0.717, 1.165) is 5.52 Å². The summed E-state index contributed by atoms with van der Waals surface area (Å²) in [5, 5.41) is 1.87. The van der Waals surface area contributed by atoms with Gasteiger partial charge in [-0.05, 0) is 31.0 Å². The number of aromatic nitrogens is 1. The number of aryl methyl sites for hydroxylation is 2. The third-order valence-corrected chi connectivity index (χ3v) is 2.36. The van der Waals surface area contributed by atoms with Gasteiger partial charge in [-0.3, -0.25) is 4.98 Å². The van der Waals surface area contributed by atoms with Crippen LogP contribution in [0.5, 0.6) is 0 Å². The van der Waals surface area contributed by atoms with Crippen molar-refractivity contribution in [3.63, 3.8) is 0 Å². The van der Waals surface area contributed by atoms with Gasteiger partial charge in [0.1, 0.15) is 0 Å². The molecule has 2 heteroatoms. The van der Waals surface area contributed by atoms with Gasteiger partial charge in [-0.2, -0.15) is 0 Å². The Labute approximate surface area is 83.2 Å². The van der Waals surface area contributed by atoms with Gasteiger partial charge in [0.05, 0.1) is 5.52 Å². The summed E-state index contributed by atoms with van der Waals surface area (Å²) in [6, 6.07) is 8.20. The molecule has 13 heavy (non-hydrogen) atoms. The Morgan fingerprint density at radius 1 is 1.15 bits per heavy atom. The molecule has 2 rings (SSSR count). The van der Waals surface area contributed by atoms with Crippen molar-refractivity contribution in [2.75, 3.05) is 0 Å². The van der Waals surface area contributed by atoms with E-state index in [2.05, 4.69) is 37.0 Å². The number of nitrogens with zero attached hydrogens (tertiary/aromatic N) is 1. The molecule has 2 aromatic rings. The molecule has 1 nitrogen and oxygen atoms in total. The van der Waals surface area contributed by atoms with Gasteiger partial charge in [0, 0.05) is 5.39 Å². The summed E-state index contributed by atoms with van der Waals surface area (Å²) in [6.07, 6.45) is 0. The van der Waals surface area contributed by atoms with Gasteiger partial charge in [0.25, 0.3) is 0 Å². The first-order valence-corrected chi connectivity index (χ1v) is 4.62. The number of hydrogen-bond donors (Lipinski definition) is 0. The Bertz CT molecular complexity index is 458. The van der Waals surface area contributed by atoms with E-state index in [4.69, 9.17) is 12.6 Å². The third-order valence-electron chi connectivity index (χ3n) is 2.15. The fraction of sp³-hybridized carbons (Fsp3) is 0.182. The number of pyridine rings is 1. The summed E-state index contributed by atoms with van der Waals surface area (Å²) in [6.45, 7) is 4.13. The summed E-state index contributed by atoms with van der Waals surface area (Å²) >= 11 is 5.06. The predicted octanol–water partition coefficient (Wildman–Crippen LogP) is 2.76. The van der Waals surface area contributed by atoms with Gasteiger partial charge in [0.2, 0.25) is 0 Å². The highest BCUT2D eigenvalue weighted by atomic mass is 32.1. The minimum absolute atomic E-state index is 0.676. The molecular formula is C11H10NS-. The number of rotatable bonds is 0. The van der Waals surface area contributed by atoms with Crippen molar-refractivity contribution in [1.82, 2.24) is 4.98 Å². The fourth-order valence-corrected chi connectivity index (χ4v) is 1.76. The fourth-order valence-electron chi connectivity index (χ4n) is 1.48. The summed E-state index contributed by atoms with van der Waals surface area (Å²) in [5.41, 5.74) is 3.43. The van der Waals surface area contributed by atoms with Crippen LogP contribution in [0.2, 0.25) is 0 Å². The molecule has 0 saturated carbocycles. The number of fused-ring (bicyclic) bond motifs is 1. The minimum Gasteiger partial charge on any atom is -0.760 e. The van der Waals surface area contributed by atoms with Crippen LogP contribution in [-0.2, 0) is 12.6 Å². The molecule has 0 bridgehead atoms. The molecule has 1 aromatic heterocycles. The van der Waals surface area contributed by atoms with Crippen LogP contribution < -0.4 is 0 Å². The van der Waals surface area contributed by atoms with Crippen LogP contribution in [0, 0.1) is 13.8 Å².